The number of anilines is 2. The molecule has 0 fully saturated rings. The summed E-state index contributed by atoms with van der Waals surface area (Å²) in [7, 11) is 1.49. The average molecular weight is 304 g/mol. The van der Waals surface area contributed by atoms with Gasteiger partial charge in [-0.2, -0.15) is 0 Å². The highest BCUT2D eigenvalue weighted by atomic mass is 16.6. The van der Waals surface area contributed by atoms with Crippen LogP contribution < -0.4 is 16.0 Å². The van der Waals surface area contributed by atoms with Gasteiger partial charge in [0.05, 0.1) is 6.07 Å². The van der Waals surface area contributed by atoms with Crippen molar-refractivity contribution < 1.29 is 18.9 Å². The predicted molar refractivity (Wildman–Crippen MR) is 77.8 cm³/mol. The van der Waals surface area contributed by atoms with Gasteiger partial charge in [0.2, 0.25) is 0 Å². The second kappa shape index (κ2) is 6.39. The average Bonchev–Trinajstić information content (AvgIpc) is 2.99. The summed E-state index contributed by atoms with van der Waals surface area (Å²) in [4.78, 5) is 32.7. The van der Waals surface area contributed by atoms with E-state index in [0.717, 1.165) is 6.07 Å². The van der Waals surface area contributed by atoms with Crippen LogP contribution in [0, 0.1) is 10.1 Å². The Morgan fingerprint density at radius 3 is 2.14 bits per heavy atom. The van der Waals surface area contributed by atoms with Crippen LogP contribution in [0.2, 0.25) is 0 Å². The van der Waals surface area contributed by atoms with E-state index in [4.69, 9.17) is 4.42 Å². The fourth-order valence-electron chi connectivity index (χ4n) is 1.57. The standard InChI is InChI=1S/C13H12N4O5/c1-14-13(19)16-9-4-2-8(3-5-9)15-12(18)10-6-7-11(22-10)17(20)21/h2-7H,1H3,(H,15,18)(H2,14,16,19). The van der Waals surface area contributed by atoms with Gasteiger partial charge in [-0.05, 0) is 30.3 Å². The lowest BCUT2D eigenvalue weighted by atomic mass is 10.2. The Morgan fingerprint density at radius 1 is 1.05 bits per heavy atom. The number of carbonyl (C=O) groups excluding carboxylic acids is 2. The lowest BCUT2D eigenvalue weighted by Crippen LogP contribution is -2.24. The summed E-state index contributed by atoms with van der Waals surface area (Å²) in [5, 5.41) is 18.0. The summed E-state index contributed by atoms with van der Waals surface area (Å²) in [5.74, 6) is -1.28. The molecule has 22 heavy (non-hydrogen) atoms. The molecule has 0 spiro atoms. The van der Waals surface area contributed by atoms with Crippen molar-refractivity contribution in [1.82, 2.24) is 5.32 Å². The molecule has 2 aromatic rings. The highest BCUT2D eigenvalue weighted by Crippen LogP contribution is 2.18. The quantitative estimate of drug-likeness (QED) is 0.589. The Kier molecular flexibility index (Phi) is 4.37. The third kappa shape index (κ3) is 3.60. The number of nitrogens with one attached hydrogen (secondary N) is 3. The SMILES string of the molecule is CNC(=O)Nc1ccc(NC(=O)c2ccc([N+](=O)[O-])o2)cc1. The molecule has 0 aliphatic carbocycles. The molecule has 1 heterocycles. The first kappa shape index (κ1) is 15.0. The molecule has 0 saturated heterocycles. The number of nitro groups is 1. The van der Waals surface area contributed by atoms with Gasteiger partial charge in [-0.25, -0.2) is 4.79 Å². The molecule has 1 aromatic heterocycles. The van der Waals surface area contributed by atoms with Crippen molar-refractivity contribution in [2.45, 2.75) is 0 Å². The highest BCUT2D eigenvalue weighted by Gasteiger charge is 2.17. The predicted octanol–water partition coefficient (Wildman–Crippen LogP) is 2.19. The van der Waals surface area contributed by atoms with E-state index in [1.54, 1.807) is 24.3 Å². The molecule has 0 bridgehead atoms. The molecule has 0 atom stereocenters. The molecule has 0 saturated carbocycles. The first-order chi connectivity index (χ1) is 10.5. The number of hydrogen-bond acceptors (Lipinski definition) is 5. The van der Waals surface area contributed by atoms with Crippen molar-refractivity contribution in [3.8, 4) is 0 Å². The van der Waals surface area contributed by atoms with Crippen LogP contribution in [0.5, 0.6) is 0 Å². The normalized spacial score (nSPS) is 9.86. The summed E-state index contributed by atoms with van der Waals surface area (Å²) in [6.07, 6.45) is 0. The number of benzene rings is 1. The van der Waals surface area contributed by atoms with Crippen LogP contribution in [-0.2, 0) is 0 Å². The fourth-order valence-corrected chi connectivity index (χ4v) is 1.57. The van der Waals surface area contributed by atoms with E-state index in [-0.39, 0.29) is 11.8 Å². The van der Waals surface area contributed by atoms with E-state index in [2.05, 4.69) is 16.0 Å². The van der Waals surface area contributed by atoms with Gasteiger partial charge in [0.1, 0.15) is 4.92 Å². The maximum atomic E-state index is 11.9. The molecule has 0 aliphatic heterocycles. The minimum Gasteiger partial charge on any atom is -0.395 e. The van der Waals surface area contributed by atoms with Gasteiger partial charge < -0.3 is 20.4 Å². The molecule has 0 radical (unpaired) electrons. The summed E-state index contributed by atoms with van der Waals surface area (Å²) in [6, 6.07) is 8.28. The first-order valence-electron chi connectivity index (χ1n) is 6.14. The van der Waals surface area contributed by atoms with Crippen LogP contribution in [0.25, 0.3) is 0 Å². The molecule has 2 rings (SSSR count). The fraction of sp³-hybridized carbons (Fsp3) is 0.0769. The van der Waals surface area contributed by atoms with Crippen molar-refractivity contribution in [3.05, 3.63) is 52.3 Å². The topological polar surface area (TPSA) is 127 Å². The van der Waals surface area contributed by atoms with Crippen LogP contribution in [0.3, 0.4) is 0 Å². The second-order valence-electron chi connectivity index (χ2n) is 4.13. The van der Waals surface area contributed by atoms with Crippen LogP contribution in [0.1, 0.15) is 10.6 Å². The Hall–Kier alpha value is -3.36. The Balaban J connectivity index is 2.02. The lowest BCUT2D eigenvalue weighted by Gasteiger charge is -2.06. The number of carbonyl (C=O) groups is 2. The number of amides is 3. The van der Waals surface area contributed by atoms with Gasteiger partial charge in [-0.1, -0.05) is 0 Å². The van der Waals surface area contributed by atoms with Gasteiger partial charge in [0.15, 0.2) is 5.76 Å². The van der Waals surface area contributed by atoms with E-state index < -0.39 is 16.7 Å². The second-order valence-corrected chi connectivity index (χ2v) is 4.13. The van der Waals surface area contributed by atoms with Gasteiger partial charge in [0.25, 0.3) is 5.91 Å². The molecular formula is C13H12N4O5. The Morgan fingerprint density at radius 2 is 1.64 bits per heavy atom. The molecule has 0 unspecified atom stereocenters. The lowest BCUT2D eigenvalue weighted by molar-refractivity contribution is -0.402. The largest absolute Gasteiger partial charge is 0.433 e. The third-order valence-electron chi connectivity index (χ3n) is 2.62. The smallest absolute Gasteiger partial charge is 0.395 e. The molecular weight excluding hydrogens is 292 g/mol. The minimum absolute atomic E-state index is 0.167. The van der Waals surface area contributed by atoms with Crippen LogP contribution in [0.15, 0.2) is 40.8 Å². The van der Waals surface area contributed by atoms with E-state index >= 15 is 0 Å². The molecule has 3 N–H and O–H groups in total. The minimum atomic E-state index is -0.726. The van der Waals surface area contributed by atoms with E-state index in [1.165, 1.54) is 13.1 Å². The maximum absolute atomic E-state index is 11.9. The summed E-state index contributed by atoms with van der Waals surface area (Å²) in [5.41, 5.74) is 0.998. The van der Waals surface area contributed by atoms with Gasteiger partial charge in [-0.15, -0.1) is 0 Å². The Bertz CT molecular complexity index is 707. The Labute approximate surface area is 124 Å². The zero-order chi connectivity index (χ0) is 16.1. The van der Waals surface area contributed by atoms with Crippen LogP contribution in [0.4, 0.5) is 22.1 Å². The van der Waals surface area contributed by atoms with Crippen molar-refractivity contribution in [3.63, 3.8) is 0 Å². The summed E-state index contributed by atoms with van der Waals surface area (Å²) in [6.45, 7) is 0. The molecule has 114 valence electrons. The number of nitrogens with zero attached hydrogens (tertiary/aromatic N) is 1. The number of furan rings is 1. The van der Waals surface area contributed by atoms with Gasteiger partial charge in [0, 0.05) is 18.4 Å². The zero-order valence-electron chi connectivity index (χ0n) is 11.5. The van der Waals surface area contributed by atoms with E-state index in [1.807, 2.05) is 0 Å². The highest BCUT2D eigenvalue weighted by molar-refractivity contribution is 6.02. The summed E-state index contributed by atoms with van der Waals surface area (Å²) < 4.78 is 4.79. The van der Waals surface area contributed by atoms with E-state index in [0.29, 0.717) is 11.4 Å². The van der Waals surface area contributed by atoms with Crippen LogP contribution in [-0.4, -0.2) is 23.9 Å². The van der Waals surface area contributed by atoms with Crippen molar-refractivity contribution in [2.24, 2.45) is 0 Å². The van der Waals surface area contributed by atoms with Gasteiger partial charge >= 0.3 is 11.9 Å². The van der Waals surface area contributed by atoms with Crippen LogP contribution >= 0.6 is 0 Å². The molecule has 1 aromatic carbocycles. The number of rotatable bonds is 4. The number of urea groups is 1. The van der Waals surface area contributed by atoms with Crippen molar-refractivity contribution >= 4 is 29.2 Å². The summed E-state index contributed by atoms with van der Waals surface area (Å²) >= 11 is 0. The first-order valence-corrected chi connectivity index (χ1v) is 6.14. The monoisotopic (exact) mass is 304 g/mol. The molecule has 3 amide bonds. The zero-order valence-corrected chi connectivity index (χ0v) is 11.5. The molecule has 9 nitrogen and oxygen atoms in total. The maximum Gasteiger partial charge on any atom is 0.433 e. The van der Waals surface area contributed by atoms with Gasteiger partial charge in [-0.3, -0.25) is 14.9 Å². The van der Waals surface area contributed by atoms with E-state index in [9.17, 15) is 19.7 Å². The third-order valence-corrected chi connectivity index (χ3v) is 2.62. The molecule has 0 aliphatic rings. The van der Waals surface area contributed by atoms with Crippen molar-refractivity contribution in [1.29, 1.82) is 0 Å². The number of hydrogen-bond donors (Lipinski definition) is 3. The van der Waals surface area contributed by atoms with Crippen molar-refractivity contribution in [2.75, 3.05) is 17.7 Å². The molecule has 9 heteroatoms.